The monoisotopic (exact) mass is 341 g/mol. The second-order valence-corrected chi connectivity index (χ2v) is 8.00. The fraction of sp³-hybridized carbons (Fsp3) is 0.143. The maximum absolute atomic E-state index is 11.4. The van der Waals surface area contributed by atoms with Gasteiger partial charge in [-0.1, -0.05) is 30.3 Å². The summed E-state index contributed by atoms with van der Waals surface area (Å²) in [5.41, 5.74) is 1.61. The van der Waals surface area contributed by atoms with E-state index < -0.39 is 20.1 Å². The van der Waals surface area contributed by atoms with Gasteiger partial charge in [-0.15, -0.1) is 0 Å². The first-order valence-electron chi connectivity index (χ1n) is 6.27. The molecule has 2 rings (SSSR count). The molecule has 2 aromatic rings. The fourth-order valence-electron chi connectivity index (χ4n) is 1.99. The minimum atomic E-state index is -4.36. The van der Waals surface area contributed by atoms with Crippen LogP contribution in [-0.2, 0) is 26.6 Å². The van der Waals surface area contributed by atoms with E-state index in [1.54, 1.807) is 0 Å². The van der Waals surface area contributed by atoms with Crippen molar-refractivity contribution in [2.24, 2.45) is 0 Å². The lowest BCUT2D eigenvalue weighted by Gasteiger charge is -2.12. The van der Waals surface area contributed by atoms with Crippen molar-refractivity contribution in [2.75, 3.05) is 11.0 Å². The van der Waals surface area contributed by atoms with Crippen LogP contribution in [0.25, 0.3) is 0 Å². The van der Waals surface area contributed by atoms with E-state index in [1.165, 1.54) is 12.1 Å². The molecule has 0 fully saturated rings. The number of benzene rings is 2. The highest BCUT2D eigenvalue weighted by molar-refractivity contribution is 7.92. The van der Waals surface area contributed by atoms with Gasteiger partial charge in [0.1, 0.15) is 0 Å². The maximum Gasteiger partial charge on any atom is 0.294 e. The van der Waals surface area contributed by atoms with Crippen LogP contribution in [0.5, 0.6) is 0 Å². The first-order valence-corrected chi connectivity index (χ1v) is 9.60. The molecule has 0 aliphatic rings. The van der Waals surface area contributed by atoms with Gasteiger partial charge in [0.05, 0.1) is 16.8 Å². The summed E-state index contributed by atoms with van der Waals surface area (Å²) in [6, 6.07) is 12.9. The lowest BCUT2D eigenvalue weighted by atomic mass is 10.0. The summed E-state index contributed by atoms with van der Waals surface area (Å²) in [7, 11) is -7.86. The van der Waals surface area contributed by atoms with Crippen molar-refractivity contribution >= 4 is 25.8 Å². The minimum absolute atomic E-state index is 0.277. The Labute approximate surface area is 129 Å². The zero-order chi connectivity index (χ0) is 16.4. The number of hydrogen-bond acceptors (Lipinski definition) is 4. The third kappa shape index (κ3) is 4.55. The van der Waals surface area contributed by atoms with Crippen molar-refractivity contribution < 1.29 is 21.4 Å². The molecule has 0 aromatic heterocycles. The molecule has 0 amide bonds. The number of hydrogen-bond donors (Lipinski definition) is 2. The van der Waals surface area contributed by atoms with Gasteiger partial charge in [0, 0.05) is 0 Å². The van der Waals surface area contributed by atoms with E-state index in [9.17, 15) is 16.8 Å². The highest BCUT2D eigenvalue weighted by atomic mass is 32.2. The van der Waals surface area contributed by atoms with Crippen LogP contribution in [0.3, 0.4) is 0 Å². The lowest BCUT2D eigenvalue weighted by Crippen LogP contribution is -2.12. The predicted octanol–water partition coefficient (Wildman–Crippen LogP) is 1.90. The van der Waals surface area contributed by atoms with E-state index in [2.05, 4.69) is 4.72 Å². The summed E-state index contributed by atoms with van der Waals surface area (Å²) in [5.74, 6) is 0. The third-order valence-electron chi connectivity index (χ3n) is 2.91. The van der Waals surface area contributed by atoms with E-state index in [1.807, 2.05) is 30.3 Å². The Hall–Kier alpha value is -1.90. The van der Waals surface area contributed by atoms with Crippen LogP contribution in [0.4, 0.5) is 5.69 Å². The van der Waals surface area contributed by atoms with Crippen molar-refractivity contribution in [1.82, 2.24) is 0 Å². The second kappa shape index (κ2) is 6.07. The van der Waals surface area contributed by atoms with Gasteiger partial charge in [0.2, 0.25) is 10.0 Å². The molecule has 0 unspecified atom stereocenters. The van der Waals surface area contributed by atoms with Crippen molar-refractivity contribution in [2.45, 2.75) is 11.3 Å². The number of rotatable bonds is 5. The van der Waals surface area contributed by atoms with Crippen LogP contribution < -0.4 is 4.72 Å². The van der Waals surface area contributed by atoms with Crippen molar-refractivity contribution in [3.8, 4) is 0 Å². The van der Waals surface area contributed by atoms with Crippen LogP contribution >= 0.6 is 0 Å². The normalized spacial score (nSPS) is 12.1. The zero-order valence-electron chi connectivity index (χ0n) is 11.7. The molecule has 22 heavy (non-hydrogen) atoms. The Balaban J connectivity index is 2.50. The van der Waals surface area contributed by atoms with Gasteiger partial charge in [-0.25, -0.2) is 8.42 Å². The molecule has 0 spiro atoms. The van der Waals surface area contributed by atoms with Crippen molar-refractivity contribution in [3.05, 3.63) is 59.7 Å². The average Bonchev–Trinajstić information content (AvgIpc) is 2.39. The standard InChI is InChI=1S/C14H15NO5S2/c1-21(16,17)15-14-8-7-13(22(18,19)20)10-12(14)9-11-5-3-2-4-6-11/h2-8,10,15H,9H2,1H3,(H,18,19,20). The van der Waals surface area contributed by atoms with Gasteiger partial charge >= 0.3 is 0 Å². The summed E-state index contributed by atoms with van der Waals surface area (Å²) >= 11 is 0. The summed E-state index contributed by atoms with van der Waals surface area (Å²) in [5, 5.41) is 0. The largest absolute Gasteiger partial charge is 0.294 e. The molecule has 2 N–H and O–H groups in total. The molecule has 0 bridgehead atoms. The molecule has 0 aliphatic carbocycles. The summed E-state index contributed by atoms with van der Waals surface area (Å²) in [6.07, 6.45) is 1.33. The molecule has 8 heteroatoms. The Morgan fingerprint density at radius 3 is 2.18 bits per heavy atom. The lowest BCUT2D eigenvalue weighted by molar-refractivity contribution is 0.483. The Morgan fingerprint density at radius 1 is 1.00 bits per heavy atom. The van der Waals surface area contributed by atoms with E-state index in [-0.39, 0.29) is 10.6 Å². The highest BCUT2D eigenvalue weighted by Gasteiger charge is 2.15. The van der Waals surface area contributed by atoms with Crippen LogP contribution in [0.1, 0.15) is 11.1 Å². The van der Waals surface area contributed by atoms with E-state index >= 15 is 0 Å². The summed E-state index contributed by atoms with van der Waals surface area (Å²) < 4.78 is 56.8. The van der Waals surface area contributed by atoms with Crippen molar-refractivity contribution in [3.63, 3.8) is 0 Å². The van der Waals surface area contributed by atoms with Gasteiger partial charge in [0.15, 0.2) is 0 Å². The predicted molar refractivity (Wildman–Crippen MR) is 84.0 cm³/mol. The van der Waals surface area contributed by atoms with Gasteiger partial charge in [-0.05, 0) is 35.7 Å². The Kier molecular flexibility index (Phi) is 4.55. The minimum Gasteiger partial charge on any atom is -0.283 e. The third-order valence-corrected chi connectivity index (χ3v) is 4.35. The molecule has 6 nitrogen and oxygen atoms in total. The maximum atomic E-state index is 11.4. The van der Waals surface area contributed by atoms with Gasteiger partial charge < -0.3 is 0 Å². The van der Waals surface area contributed by atoms with Crippen molar-refractivity contribution in [1.29, 1.82) is 0 Å². The smallest absolute Gasteiger partial charge is 0.283 e. The molecule has 0 saturated carbocycles. The molecule has 0 atom stereocenters. The zero-order valence-corrected chi connectivity index (χ0v) is 13.4. The number of nitrogens with one attached hydrogen (secondary N) is 1. The van der Waals surface area contributed by atoms with Gasteiger partial charge in [-0.2, -0.15) is 8.42 Å². The first kappa shape index (κ1) is 16.5. The number of sulfonamides is 1. The van der Waals surface area contributed by atoms with E-state index in [4.69, 9.17) is 4.55 Å². The summed E-state index contributed by atoms with van der Waals surface area (Å²) in [6.45, 7) is 0. The Morgan fingerprint density at radius 2 is 1.64 bits per heavy atom. The van der Waals surface area contributed by atoms with Crippen LogP contribution in [-0.4, -0.2) is 27.6 Å². The molecule has 118 valence electrons. The molecule has 0 radical (unpaired) electrons. The Bertz CT molecular complexity index is 875. The molecular weight excluding hydrogens is 326 g/mol. The highest BCUT2D eigenvalue weighted by Crippen LogP contribution is 2.24. The molecule has 0 heterocycles. The topological polar surface area (TPSA) is 101 Å². The molecule has 0 aliphatic heterocycles. The second-order valence-electron chi connectivity index (χ2n) is 4.83. The molecule has 2 aromatic carbocycles. The molecular formula is C14H15NO5S2. The van der Waals surface area contributed by atoms with Gasteiger partial charge in [-0.3, -0.25) is 9.27 Å². The first-order chi connectivity index (χ1) is 10.1. The van der Waals surface area contributed by atoms with Gasteiger partial charge in [0.25, 0.3) is 10.1 Å². The van der Waals surface area contributed by atoms with E-state index in [0.29, 0.717) is 12.0 Å². The van der Waals surface area contributed by atoms with Crippen LogP contribution in [0.15, 0.2) is 53.4 Å². The quantitative estimate of drug-likeness (QED) is 0.809. The SMILES string of the molecule is CS(=O)(=O)Nc1ccc(S(=O)(=O)O)cc1Cc1ccccc1. The van der Waals surface area contributed by atoms with Crippen LogP contribution in [0.2, 0.25) is 0 Å². The van der Waals surface area contributed by atoms with Crippen LogP contribution in [0, 0.1) is 0 Å². The number of anilines is 1. The van der Waals surface area contributed by atoms with E-state index in [0.717, 1.165) is 17.9 Å². The summed E-state index contributed by atoms with van der Waals surface area (Å²) in [4.78, 5) is -0.280. The molecule has 0 saturated heterocycles. The average molecular weight is 341 g/mol. The fourth-order valence-corrected chi connectivity index (χ4v) is 3.12.